The molecule has 2 heterocycles. The number of nitrogen functional groups attached to an aromatic ring is 2. The molecule has 29 heavy (non-hydrogen) atoms. The number of rotatable bonds is 4. The molecule has 0 aliphatic rings. The van der Waals surface area contributed by atoms with Crippen molar-refractivity contribution in [3.8, 4) is 33.2 Å². The van der Waals surface area contributed by atoms with Crippen LogP contribution in [0.2, 0.25) is 0 Å². The predicted octanol–water partition coefficient (Wildman–Crippen LogP) is 3.50. The van der Waals surface area contributed by atoms with Crippen LogP contribution in [-0.4, -0.2) is 31.2 Å². The van der Waals surface area contributed by atoms with Gasteiger partial charge in [0, 0.05) is 16.8 Å². The van der Waals surface area contributed by atoms with Gasteiger partial charge in [-0.05, 0) is 31.2 Å². The number of aryl methyl sites for hydroxylation is 1. The van der Waals surface area contributed by atoms with Crippen molar-refractivity contribution in [2.75, 3.05) is 11.5 Å². The van der Waals surface area contributed by atoms with E-state index >= 15 is 0 Å². The summed E-state index contributed by atoms with van der Waals surface area (Å²) >= 11 is 1.38. The number of hydrogen-bond donors (Lipinski definition) is 3. The average Bonchev–Trinajstić information content (AvgIpc) is 3.14. The van der Waals surface area contributed by atoms with Crippen molar-refractivity contribution in [3.05, 3.63) is 59.1 Å². The Bertz CT molecular complexity index is 1200. The Labute approximate surface area is 169 Å². The molecule has 0 amide bonds. The second-order valence-corrected chi connectivity index (χ2v) is 7.47. The monoisotopic (exact) mass is 404 g/mol. The lowest BCUT2D eigenvalue weighted by Crippen LogP contribution is -2.03. The van der Waals surface area contributed by atoms with E-state index in [4.69, 9.17) is 21.6 Å². The fraction of sp³-hybridized carbons (Fsp3) is 0.0500. The zero-order chi connectivity index (χ0) is 20.5. The Kier molecular flexibility index (Phi) is 4.65. The third kappa shape index (κ3) is 3.63. The van der Waals surface area contributed by atoms with E-state index in [0.717, 1.165) is 10.6 Å². The van der Waals surface area contributed by atoms with Crippen molar-refractivity contribution in [3.63, 3.8) is 0 Å². The van der Waals surface area contributed by atoms with E-state index in [2.05, 4.69) is 15.2 Å². The van der Waals surface area contributed by atoms with E-state index in [9.17, 15) is 4.79 Å². The molecule has 2 aromatic carbocycles. The summed E-state index contributed by atoms with van der Waals surface area (Å²) in [6.07, 6.45) is 0. The van der Waals surface area contributed by atoms with Crippen molar-refractivity contribution in [2.45, 2.75) is 6.92 Å². The number of nitrogens with zero attached hydrogens (tertiary/aromatic N) is 4. The number of nitrogens with two attached hydrogens (primary N) is 2. The highest BCUT2D eigenvalue weighted by Gasteiger charge is 2.19. The van der Waals surface area contributed by atoms with Crippen molar-refractivity contribution < 1.29 is 9.90 Å². The second kappa shape index (κ2) is 7.28. The number of anilines is 2. The summed E-state index contributed by atoms with van der Waals surface area (Å²) in [6, 6.07) is 13.7. The van der Waals surface area contributed by atoms with E-state index in [1.807, 2.05) is 19.1 Å². The molecule has 2 aromatic heterocycles. The number of aromatic carboxylic acids is 1. The van der Waals surface area contributed by atoms with Crippen LogP contribution in [0.25, 0.3) is 33.2 Å². The van der Waals surface area contributed by atoms with Gasteiger partial charge in [0.1, 0.15) is 10.7 Å². The Hall–Kier alpha value is -3.85. The summed E-state index contributed by atoms with van der Waals surface area (Å²) in [6.45, 7) is 1.85. The number of carboxylic acid groups (broad SMARTS) is 1. The topological polar surface area (TPSA) is 141 Å². The van der Waals surface area contributed by atoms with Crippen LogP contribution >= 0.6 is 11.3 Å². The van der Waals surface area contributed by atoms with Gasteiger partial charge in [-0.1, -0.05) is 35.6 Å². The molecule has 0 aliphatic heterocycles. The average molecular weight is 404 g/mol. The lowest BCUT2D eigenvalue weighted by atomic mass is 10.0. The largest absolute Gasteiger partial charge is 0.478 e. The molecular formula is C20H16N6O2S. The summed E-state index contributed by atoms with van der Waals surface area (Å²) in [5.74, 6) is -0.777. The number of aromatic nitrogens is 4. The lowest BCUT2D eigenvalue weighted by Gasteiger charge is -2.12. The van der Waals surface area contributed by atoms with E-state index < -0.39 is 5.97 Å². The lowest BCUT2D eigenvalue weighted by molar-refractivity contribution is 0.0697. The van der Waals surface area contributed by atoms with Crippen LogP contribution in [0, 0.1) is 6.92 Å². The Morgan fingerprint density at radius 2 is 1.45 bits per heavy atom. The quantitative estimate of drug-likeness (QED) is 0.439. The van der Waals surface area contributed by atoms with Crippen molar-refractivity contribution in [1.82, 2.24) is 20.2 Å². The van der Waals surface area contributed by atoms with Gasteiger partial charge in [0.15, 0.2) is 10.8 Å². The van der Waals surface area contributed by atoms with Gasteiger partial charge in [0.25, 0.3) is 0 Å². The Morgan fingerprint density at radius 1 is 0.862 bits per heavy atom. The van der Waals surface area contributed by atoms with E-state index in [1.165, 1.54) is 23.5 Å². The van der Waals surface area contributed by atoms with Crippen LogP contribution < -0.4 is 11.5 Å². The smallest absolute Gasteiger partial charge is 0.335 e. The fourth-order valence-corrected chi connectivity index (χ4v) is 3.50. The molecule has 4 aromatic rings. The minimum atomic E-state index is -0.997. The van der Waals surface area contributed by atoms with Crippen LogP contribution in [-0.2, 0) is 0 Å². The summed E-state index contributed by atoms with van der Waals surface area (Å²) in [5.41, 5.74) is 15.9. The van der Waals surface area contributed by atoms with Gasteiger partial charge in [0.05, 0.1) is 17.0 Å². The zero-order valence-electron chi connectivity index (χ0n) is 15.3. The van der Waals surface area contributed by atoms with E-state index in [-0.39, 0.29) is 11.4 Å². The van der Waals surface area contributed by atoms with Crippen LogP contribution in [0.5, 0.6) is 0 Å². The van der Waals surface area contributed by atoms with Gasteiger partial charge >= 0.3 is 5.97 Å². The van der Waals surface area contributed by atoms with Gasteiger partial charge in [-0.15, -0.1) is 10.2 Å². The number of benzene rings is 2. The molecule has 0 atom stereocenters. The SMILES string of the molecule is Cc1nnc(-c2nc(-c3ccc(N)cc3)c(-c3ccc(C(=O)O)cc3)nc2N)s1. The molecule has 0 fully saturated rings. The molecule has 5 N–H and O–H groups in total. The molecule has 0 unspecified atom stereocenters. The fourth-order valence-electron chi connectivity index (χ4n) is 2.81. The maximum Gasteiger partial charge on any atom is 0.335 e. The van der Waals surface area contributed by atoms with Gasteiger partial charge in [-0.2, -0.15) is 0 Å². The third-order valence-corrected chi connectivity index (χ3v) is 5.09. The molecule has 0 bridgehead atoms. The number of carboxylic acids is 1. The highest BCUT2D eigenvalue weighted by Crippen LogP contribution is 2.35. The first-order valence-electron chi connectivity index (χ1n) is 8.60. The van der Waals surface area contributed by atoms with E-state index in [0.29, 0.717) is 33.3 Å². The molecule has 0 radical (unpaired) electrons. The molecule has 0 aliphatic carbocycles. The van der Waals surface area contributed by atoms with Crippen LogP contribution in [0.15, 0.2) is 48.5 Å². The van der Waals surface area contributed by atoms with Gasteiger partial charge in [-0.3, -0.25) is 0 Å². The molecule has 9 heteroatoms. The second-order valence-electron chi connectivity index (χ2n) is 6.29. The van der Waals surface area contributed by atoms with E-state index in [1.54, 1.807) is 24.3 Å². The molecule has 0 saturated heterocycles. The maximum absolute atomic E-state index is 11.2. The first-order valence-corrected chi connectivity index (χ1v) is 9.41. The van der Waals surface area contributed by atoms with Crippen LogP contribution in [0.1, 0.15) is 15.4 Å². The first kappa shape index (κ1) is 18.5. The van der Waals surface area contributed by atoms with Gasteiger partial charge < -0.3 is 16.6 Å². The Balaban J connectivity index is 1.92. The van der Waals surface area contributed by atoms with Crippen molar-refractivity contribution in [2.24, 2.45) is 0 Å². The third-order valence-electron chi connectivity index (χ3n) is 4.24. The summed E-state index contributed by atoms with van der Waals surface area (Å²) in [4.78, 5) is 20.5. The molecule has 0 spiro atoms. The first-order chi connectivity index (χ1) is 13.9. The normalized spacial score (nSPS) is 10.8. The zero-order valence-corrected chi connectivity index (χ0v) is 16.1. The summed E-state index contributed by atoms with van der Waals surface area (Å²) in [5, 5.41) is 18.7. The molecule has 8 nitrogen and oxygen atoms in total. The number of hydrogen-bond acceptors (Lipinski definition) is 8. The van der Waals surface area contributed by atoms with Crippen molar-refractivity contribution >= 4 is 28.8 Å². The highest BCUT2D eigenvalue weighted by molar-refractivity contribution is 7.14. The minimum absolute atomic E-state index is 0.185. The molecule has 0 saturated carbocycles. The molecular weight excluding hydrogens is 388 g/mol. The number of carbonyl (C=O) groups is 1. The predicted molar refractivity (Wildman–Crippen MR) is 112 cm³/mol. The highest BCUT2D eigenvalue weighted by atomic mass is 32.1. The van der Waals surface area contributed by atoms with Crippen molar-refractivity contribution in [1.29, 1.82) is 0 Å². The standard InChI is InChI=1S/C20H16N6O2S/c1-10-25-26-19(29-10)17-18(22)24-16(11-2-4-13(5-3-11)20(27)28)15(23-17)12-6-8-14(21)9-7-12/h2-9H,21H2,1H3,(H2,22,24)(H,27,28). The summed E-state index contributed by atoms with van der Waals surface area (Å²) in [7, 11) is 0. The van der Waals surface area contributed by atoms with Crippen LogP contribution in [0.3, 0.4) is 0 Å². The summed E-state index contributed by atoms with van der Waals surface area (Å²) < 4.78 is 0. The molecule has 144 valence electrons. The molecule has 4 rings (SSSR count). The van der Waals surface area contributed by atoms with Gasteiger partial charge in [-0.25, -0.2) is 14.8 Å². The van der Waals surface area contributed by atoms with Gasteiger partial charge in [0.2, 0.25) is 0 Å². The Morgan fingerprint density at radius 3 is 2.00 bits per heavy atom. The van der Waals surface area contributed by atoms with Crippen LogP contribution in [0.4, 0.5) is 11.5 Å². The minimum Gasteiger partial charge on any atom is -0.478 e. The maximum atomic E-state index is 11.2.